The summed E-state index contributed by atoms with van der Waals surface area (Å²) in [4.78, 5) is 14.8. The van der Waals surface area contributed by atoms with Crippen molar-refractivity contribution in [3.8, 4) is 17.2 Å². The summed E-state index contributed by atoms with van der Waals surface area (Å²) in [5, 5.41) is 0. The van der Waals surface area contributed by atoms with Crippen molar-refractivity contribution in [3.05, 3.63) is 53.6 Å². The molecule has 1 heterocycles. The van der Waals surface area contributed by atoms with Gasteiger partial charge in [0.2, 0.25) is 0 Å². The molecule has 29 heavy (non-hydrogen) atoms. The van der Waals surface area contributed by atoms with Crippen molar-refractivity contribution in [2.24, 2.45) is 0 Å². The summed E-state index contributed by atoms with van der Waals surface area (Å²) in [5.41, 5.74) is 2.34. The lowest BCUT2D eigenvalue weighted by atomic mass is 9.87. The Bertz CT molecular complexity index is 839. The summed E-state index contributed by atoms with van der Waals surface area (Å²) in [6.07, 6.45) is 1.88. The number of amides is 1. The summed E-state index contributed by atoms with van der Waals surface area (Å²) in [5.74, 6) is 2.19. The van der Waals surface area contributed by atoms with Gasteiger partial charge < -0.3 is 19.1 Å². The molecule has 0 unspecified atom stereocenters. The van der Waals surface area contributed by atoms with E-state index in [-0.39, 0.29) is 24.0 Å². The molecule has 1 atom stereocenters. The third kappa shape index (κ3) is 4.84. The molecule has 2 aromatic carbocycles. The molecule has 1 aliphatic heterocycles. The summed E-state index contributed by atoms with van der Waals surface area (Å²) in [6.45, 7) is 7.28. The van der Waals surface area contributed by atoms with Crippen LogP contribution in [-0.2, 0) is 10.2 Å². The standard InChI is InChI=1S/C24H31NO4/c1-24(2,3)17-8-10-18(11-9-17)29-16-23(26)25-14-6-7-21(25)20-13-12-19(27-4)15-22(20)28-5/h8-13,15,21H,6-7,14,16H2,1-5H3/t21-/m0/s1. The number of methoxy groups -OCH3 is 2. The summed E-state index contributed by atoms with van der Waals surface area (Å²) in [6, 6.07) is 13.7. The fraction of sp³-hybridized carbons (Fsp3) is 0.458. The van der Waals surface area contributed by atoms with Crippen LogP contribution >= 0.6 is 0 Å². The van der Waals surface area contributed by atoms with Crippen molar-refractivity contribution in [2.75, 3.05) is 27.4 Å². The van der Waals surface area contributed by atoms with Gasteiger partial charge in [0.25, 0.3) is 5.91 Å². The van der Waals surface area contributed by atoms with Gasteiger partial charge in [-0.1, -0.05) is 32.9 Å². The number of nitrogens with zero attached hydrogens (tertiary/aromatic N) is 1. The number of carbonyl (C=O) groups is 1. The molecule has 3 rings (SSSR count). The maximum Gasteiger partial charge on any atom is 0.261 e. The molecule has 0 spiro atoms. The average Bonchev–Trinajstić information content (AvgIpc) is 3.20. The first-order valence-electron chi connectivity index (χ1n) is 10.1. The molecular weight excluding hydrogens is 366 g/mol. The second kappa shape index (κ2) is 8.76. The third-order valence-corrected chi connectivity index (χ3v) is 5.46. The molecule has 156 valence electrons. The van der Waals surface area contributed by atoms with Gasteiger partial charge in [-0.3, -0.25) is 4.79 Å². The second-order valence-electron chi connectivity index (χ2n) is 8.42. The van der Waals surface area contributed by atoms with Crippen molar-refractivity contribution in [3.63, 3.8) is 0 Å². The molecule has 0 aromatic heterocycles. The minimum atomic E-state index is -0.00901. The van der Waals surface area contributed by atoms with Crippen LogP contribution in [0.3, 0.4) is 0 Å². The molecule has 0 aliphatic carbocycles. The SMILES string of the molecule is COc1ccc([C@@H]2CCCN2C(=O)COc2ccc(C(C)(C)C)cc2)c(OC)c1. The van der Waals surface area contributed by atoms with E-state index in [9.17, 15) is 4.79 Å². The number of likely N-dealkylation sites (tertiary alicyclic amines) is 1. The van der Waals surface area contributed by atoms with E-state index in [4.69, 9.17) is 14.2 Å². The molecular formula is C24H31NO4. The van der Waals surface area contributed by atoms with Crippen molar-refractivity contribution in [2.45, 2.75) is 45.1 Å². The van der Waals surface area contributed by atoms with Crippen molar-refractivity contribution in [1.82, 2.24) is 4.90 Å². The normalized spacial score (nSPS) is 16.6. The van der Waals surface area contributed by atoms with Crippen LogP contribution in [0.1, 0.15) is 50.8 Å². The lowest BCUT2D eigenvalue weighted by Gasteiger charge is -2.26. The van der Waals surface area contributed by atoms with E-state index in [1.165, 1.54) is 5.56 Å². The maximum atomic E-state index is 12.9. The van der Waals surface area contributed by atoms with Gasteiger partial charge in [0, 0.05) is 18.2 Å². The Morgan fingerprint density at radius 3 is 2.34 bits per heavy atom. The molecule has 5 heteroatoms. The van der Waals surface area contributed by atoms with Crippen LogP contribution in [0.4, 0.5) is 0 Å². The molecule has 1 saturated heterocycles. The van der Waals surface area contributed by atoms with Crippen molar-refractivity contribution in [1.29, 1.82) is 0 Å². The van der Waals surface area contributed by atoms with Gasteiger partial charge in [-0.25, -0.2) is 0 Å². The number of carbonyl (C=O) groups excluding carboxylic acids is 1. The van der Waals surface area contributed by atoms with Crippen LogP contribution in [0.5, 0.6) is 17.2 Å². The number of rotatable bonds is 6. The number of ether oxygens (including phenoxy) is 3. The van der Waals surface area contributed by atoms with Gasteiger partial charge in [-0.15, -0.1) is 0 Å². The lowest BCUT2D eigenvalue weighted by Crippen LogP contribution is -2.34. The van der Waals surface area contributed by atoms with Gasteiger partial charge in [0.15, 0.2) is 6.61 Å². The van der Waals surface area contributed by atoms with Crippen LogP contribution in [-0.4, -0.2) is 38.2 Å². The van der Waals surface area contributed by atoms with Crippen LogP contribution in [0, 0.1) is 0 Å². The smallest absolute Gasteiger partial charge is 0.261 e. The Morgan fingerprint density at radius 1 is 1.03 bits per heavy atom. The summed E-state index contributed by atoms with van der Waals surface area (Å²) in [7, 11) is 3.27. The van der Waals surface area contributed by atoms with E-state index in [0.717, 1.165) is 36.4 Å². The number of hydrogen-bond donors (Lipinski definition) is 0. The van der Waals surface area contributed by atoms with E-state index in [0.29, 0.717) is 5.75 Å². The highest BCUT2D eigenvalue weighted by atomic mass is 16.5. The zero-order valence-electron chi connectivity index (χ0n) is 18.0. The molecule has 1 amide bonds. The zero-order valence-corrected chi connectivity index (χ0v) is 18.0. The third-order valence-electron chi connectivity index (χ3n) is 5.46. The van der Waals surface area contributed by atoms with Crippen LogP contribution in [0.15, 0.2) is 42.5 Å². The average molecular weight is 398 g/mol. The van der Waals surface area contributed by atoms with Crippen molar-refractivity contribution < 1.29 is 19.0 Å². The fourth-order valence-corrected chi connectivity index (χ4v) is 3.76. The largest absolute Gasteiger partial charge is 0.497 e. The number of hydrogen-bond acceptors (Lipinski definition) is 4. The highest BCUT2D eigenvalue weighted by Crippen LogP contribution is 2.38. The van der Waals surface area contributed by atoms with Crippen LogP contribution in [0.25, 0.3) is 0 Å². The van der Waals surface area contributed by atoms with Crippen LogP contribution < -0.4 is 14.2 Å². The first kappa shape index (κ1) is 21.0. The minimum Gasteiger partial charge on any atom is -0.497 e. The molecule has 5 nitrogen and oxygen atoms in total. The molecule has 0 N–H and O–H groups in total. The topological polar surface area (TPSA) is 48.0 Å². The first-order chi connectivity index (χ1) is 13.8. The zero-order chi connectivity index (χ0) is 21.0. The molecule has 0 saturated carbocycles. The molecule has 1 fully saturated rings. The van der Waals surface area contributed by atoms with Gasteiger partial charge >= 0.3 is 0 Å². The maximum absolute atomic E-state index is 12.9. The van der Waals surface area contributed by atoms with E-state index in [1.54, 1.807) is 14.2 Å². The van der Waals surface area contributed by atoms with E-state index in [1.807, 2.05) is 35.2 Å². The highest BCUT2D eigenvalue weighted by molar-refractivity contribution is 5.78. The summed E-state index contributed by atoms with van der Waals surface area (Å²) >= 11 is 0. The number of benzene rings is 2. The van der Waals surface area contributed by atoms with Gasteiger partial charge in [0.1, 0.15) is 17.2 Å². The highest BCUT2D eigenvalue weighted by Gasteiger charge is 2.32. The van der Waals surface area contributed by atoms with Gasteiger partial charge in [-0.2, -0.15) is 0 Å². The van der Waals surface area contributed by atoms with Crippen molar-refractivity contribution >= 4 is 5.91 Å². The Hall–Kier alpha value is -2.69. The van der Waals surface area contributed by atoms with Gasteiger partial charge in [0.05, 0.1) is 20.3 Å². The molecule has 0 radical (unpaired) electrons. The first-order valence-corrected chi connectivity index (χ1v) is 10.1. The second-order valence-corrected chi connectivity index (χ2v) is 8.42. The quantitative estimate of drug-likeness (QED) is 0.706. The monoisotopic (exact) mass is 397 g/mol. The van der Waals surface area contributed by atoms with E-state index < -0.39 is 0 Å². The summed E-state index contributed by atoms with van der Waals surface area (Å²) < 4.78 is 16.6. The minimum absolute atomic E-state index is 0.00442. The van der Waals surface area contributed by atoms with E-state index >= 15 is 0 Å². The Kier molecular flexibility index (Phi) is 6.36. The van der Waals surface area contributed by atoms with Gasteiger partial charge in [-0.05, 0) is 48.1 Å². The Labute approximate surface area is 173 Å². The fourth-order valence-electron chi connectivity index (χ4n) is 3.76. The lowest BCUT2D eigenvalue weighted by molar-refractivity contribution is -0.134. The molecule has 0 bridgehead atoms. The Balaban J connectivity index is 1.67. The predicted octanol–water partition coefficient (Wildman–Crippen LogP) is 4.74. The Morgan fingerprint density at radius 2 is 1.72 bits per heavy atom. The predicted molar refractivity (Wildman–Crippen MR) is 114 cm³/mol. The molecule has 2 aromatic rings. The van der Waals surface area contributed by atoms with E-state index in [2.05, 4.69) is 32.9 Å². The van der Waals surface area contributed by atoms with Crippen LogP contribution in [0.2, 0.25) is 0 Å². The molecule has 1 aliphatic rings.